The fraction of sp³-hybridized carbons (Fsp3) is 1.00. The summed E-state index contributed by atoms with van der Waals surface area (Å²) >= 11 is 0. The molecule has 0 aromatic heterocycles. The van der Waals surface area contributed by atoms with Crippen molar-refractivity contribution >= 4 is 0 Å². The number of hydrogen-bond acceptors (Lipinski definition) is 4. The van der Waals surface area contributed by atoms with Crippen molar-refractivity contribution in [2.24, 2.45) is 23.2 Å². The highest BCUT2D eigenvalue weighted by Gasteiger charge is 2.18. The first kappa shape index (κ1) is 14.4. The minimum atomic E-state index is 0.0549. The summed E-state index contributed by atoms with van der Waals surface area (Å²) in [6, 6.07) is 0. The third kappa shape index (κ3) is 6.54. The molecule has 0 saturated heterocycles. The van der Waals surface area contributed by atoms with Crippen LogP contribution in [0.2, 0.25) is 0 Å². The largest absolute Gasteiger partial charge is 0.330 e. The zero-order chi connectivity index (χ0) is 10.0. The molecule has 0 bridgehead atoms. The number of hydrogen-bond donors (Lipinski definition) is 4. The summed E-state index contributed by atoms with van der Waals surface area (Å²) < 4.78 is 0. The van der Waals surface area contributed by atoms with Crippen LogP contribution >= 0.6 is 0 Å². The van der Waals surface area contributed by atoms with Gasteiger partial charge in [-0.2, -0.15) is 0 Å². The second kappa shape index (κ2) is 8.93. The maximum atomic E-state index is 6.03. The first-order valence-electron chi connectivity index (χ1n) is 4.51. The van der Waals surface area contributed by atoms with Gasteiger partial charge in [-0.15, -0.1) is 0 Å². The van der Waals surface area contributed by atoms with Crippen LogP contribution < -0.4 is 23.2 Å². The summed E-state index contributed by atoms with van der Waals surface area (Å²) in [5.74, 6) is 8.00. The van der Waals surface area contributed by atoms with E-state index in [0.717, 1.165) is 32.2 Å². The van der Waals surface area contributed by atoms with E-state index in [-0.39, 0.29) is 5.54 Å². The fourth-order valence-corrected chi connectivity index (χ4v) is 1.06. The van der Waals surface area contributed by atoms with Crippen LogP contribution in [-0.2, 0) is 0 Å². The van der Waals surface area contributed by atoms with Crippen molar-refractivity contribution in [1.29, 1.82) is 0 Å². The number of rotatable bonds is 5. The first-order valence-corrected chi connectivity index (χ1v) is 4.51. The van der Waals surface area contributed by atoms with Crippen LogP contribution in [0.5, 0.6) is 0 Å². The first-order chi connectivity index (χ1) is 5.68. The van der Waals surface area contributed by atoms with Crippen LogP contribution in [0, 0.1) is 0 Å². The van der Waals surface area contributed by atoms with Crippen molar-refractivity contribution in [1.82, 2.24) is 0 Å². The van der Waals surface area contributed by atoms with Gasteiger partial charge in [0.15, 0.2) is 0 Å². The second-order valence-electron chi connectivity index (χ2n) is 2.96. The standard InChI is InChI=1S/C8H20N2.H4N2/c1-3-8(10,4-2)6-5-7-9;1-2/h3-7,9-10H2,1-2H3;1-2H2. The summed E-state index contributed by atoms with van der Waals surface area (Å²) in [5.41, 5.74) is 11.5. The molecule has 12 heavy (non-hydrogen) atoms. The molecule has 0 unspecified atom stereocenters. The molecule has 4 heteroatoms. The molecule has 0 radical (unpaired) electrons. The molecule has 4 nitrogen and oxygen atoms in total. The molecule has 0 atom stereocenters. The Morgan fingerprint density at radius 2 is 1.50 bits per heavy atom. The Morgan fingerprint density at radius 3 is 1.75 bits per heavy atom. The van der Waals surface area contributed by atoms with E-state index in [9.17, 15) is 0 Å². The van der Waals surface area contributed by atoms with Gasteiger partial charge < -0.3 is 11.5 Å². The molecule has 0 aliphatic heterocycles. The summed E-state index contributed by atoms with van der Waals surface area (Å²) in [5, 5.41) is 0. The third-order valence-electron chi connectivity index (χ3n) is 2.29. The van der Waals surface area contributed by atoms with Gasteiger partial charge >= 0.3 is 0 Å². The van der Waals surface area contributed by atoms with Gasteiger partial charge in [0.05, 0.1) is 0 Å². The molecule has 0 aliphatic rings. The van der Waals surface area contributed by atoms with Gasteiger partial charge in [-0.3, -0.25) is 11.7 Å². The lowest BCUT2D eigenvalue weighted by Crippen LogP contribution is -2.38. The van der Waals surface area contributed by atoms with Crippen molar-refractivity contribution in [3.63, 3.8) is 0 Å². The van der Waals surface area contributed by atoms with E-state index in [1.807, 2.05) is 0 Å². The molecule has 0 heterocycles. The van der Waals surface area contributed by atoms with E-state index in [1.54, 1.807) is 0 Å². The Hall–Kier alpha value is -0.160. The van der Waals surface area contributed by atoms with Crippen LogP contribution in [0.3, 0.4) is 0 Å². The lowest BCUT2D eigenvalue weighted by molar-refractivity contribution is 0.359. The molecule has 0 spiro atoms. The summed E-state index contributed by atoms with van der Waals surface area (Å²) in [6.07, 6.45) is 4.24. The average molecular weight is 176 g/mol. The second-order valence-corrected chi connectivity index (χ2v) is 2.96. The molecular weight excluding hydrogens is 152 g/mol. The van der Waals surface area contributed by atoms with Crippen molar-refractivity contribution in [3.8, 4) is 0 Å². The van der Waals surface area contributed by atoms with Gasteiger partial charge in [-0.05, 0) is 32.2 Å². The van der Waals surface area contributed by atoms with Gasteiger partial charge in [0.25, 0.3) is 0 Å². The summed E-state index contributed by atoms with van der Waals surface area (Å²) in [7, 11) is 0. The predicted molar refractivity (Wildman–Crippen MR) is 54.2 cm³/mol. The van der Waals surface area contributed by atoms with Crippen molar-refractivity contribution < 1.29 is 0 Å². The van der Waals surface area contributed by atoms with E-state index in [2.05, 4.69) is 25.5 Å². The molecule has 0 rings (SSSR count). The average Bonchev–Trinajstić information content (AvgIpc) is 2.17. The van der Waals surface area contributed by atoms with Crippen LogP contribution in [0.1, 0.15) is 39.5 Å². The van der Waals surface area contributed by atoms with Gasteiger partial charge in [-0.1, -0.05) is 13.8 Å². The Balaban J connectivity index is 0. The molecule has 8 N–H and O–H groups in total. The zero-order valence-corrected chi connectivity index (χ0v) is 8.34. The monoisotopic (exact) mass is 176 g/mol. The lowest BCUT2D eigenvalue weighted by atomic mass is 9.89. The smallest absolute Gasteiger partial charge is 0.0149 e. The van der Waals surface area contributed by atoms with Crippen LogP contribution in [-0.4, -0.2) is 12.1 Å². The SMILES string of the molecule is CCC(N)(CC)CCCN.NN. The Bertz CT molecular complexity index is 81.1. The van der Waals surface area contributed by atoms with Crippen molar-refractivity contribution in [2.45, 2.75) is 45.1 Å². The van der Waals surface area contributed by atoms with Gasteiger partial charge in [0.1, 0.15) is 0 Å². The highest BCUT2D eigenvalue weighted by Crippen LogP contribution is 2.16. The Labute approximate surface area is 75.6 Å². The van der Waals surface area contributed by atoms with E-state index in [4.69, 9.17) is 11.5 Å². The van der Waals surface area contributed by atoms with E-state index in [1.165, 1.54) is 0 Å². The summed E-state index contributed by atoms with van der Waals surface area (Å²) in [4.78, 5) is 0. The minimum absolute atomic E-state index is 0.0549. The minimum Gasteiger partial charge on any atom is -0.330 e. The normalized spacial score (nSPS) is 10.5. The van der Waals surface area contributed by atoms with Crippen molar-refractivity contribution in [3.05, 3.63) is 0 Å². The van der Waals surface area contributed by atoms with E-state index < -0.39 is 0 Å². The number of hydrazine groups is 1. The maximum absolute atomic E-state index is 6.03. The van der Waals surface area contributed by atoms with E-state index in [0.29, 0.717) is 0 Å². The molecule has 0 amide bonds. The Kier molecular flexibility index (Phi) is 10.7. The topological polar surface area (TPSA) is 104 Å². The van der Waals surface area contributed by atoms with Gasteiger partial charge in [0.2, 0.25) is 0 Å². The molecule has 76 valence electrons. The van der Waals surface area contributed by atoms with Crippen LogP contribution in [0.4, 0.5) is 0 Å². The molecule has 0 aliphatic carbocycles. The Morgan fingerprint density at radius 1 is 1.08 bits per heavy atom. The lowest BCUT2D eigenvalue weighted by Gasteiger charge is -2.26. The number of nitrogens with two attached hydrogens (primary N) is 4. The predicted octanol–water partition coefficient (Wildman–Crippen LogP) is 0.0616. The third-order valence-corrected chi connectivity index (χ3v) is 2.29. The maximum Gasteiger partial charge on any atom is 0.0149 e. The molecule has 0 saturated carbocycles. The quantitative estimate of drug-likeness (QED) is 0.351. The molecular formula is C8H24N4. The van der Waals surface area contributed by atoms with Gasteiger partial charge in [0, 0.05) is 5.54 Å². The highest BCUT2D eigenvalue weighted by atomic mass is 15.0. The molecule has 0 fully saturated rings. The highest BCUT2D eigenvalue weighted by molar-refractivity contribution is 4.80. The van der Waals surface area contributed by atoms with Crippen LogP contribution in [0.15, 0.2) is 0 Å². The zero-order valence-electron chi connectivity index (χ0n) is 8.34. The molecule has 0 aromatic carbocycles. The van der Waals surface area contributed by atoms with Crippen LogP contribution in [0.25, 0.3) is 0 Å². The fourth-order valence-electron chi connectivity index (χ4n) is 1.06. The van der Waals surface area contributed by atoms with Gasteiger partial charge in [-0.25, -0.2) is 0 Å². The van der Waals surface area contributed by atoms with Crippen molar-refractivity contribution in [2.75, 3.05) is 6.54 Å². The van der Waals surface area contributed by atoms with E-state index >= 15 is 0 Å². The summed E-state index contributed by atoms with van der Waals surface area (Å²) in [6.45, 7) is 5.04. The molecule has 0 aromatic rings.